The minimum Gasteiger partial charge on any atom is -0.447 e. The summed E-state index contributed by atoms with van der Waals surface area (Å²) in [7, 11) is 0. The van der Waals surface area contributed by atoms with Gasteiger partial charge in [-0.05, 0) is 18.9 Å². The van der Waals surface area contributed by atoms with Gasteiger partial charge in [0.25, 0.3) is 0 Å². The zero-order chi connectivity index (χ0) is 17.4. The Morgan fingerprint density at radius 2 is 1.78 bits per heavy atom. The summed E-state index contributed by atoms with van der Waals surface area (Å²) < 4.78 is 9.74. The first kappa shape index (κ1) is 18.9. The van der Waals surface area contributed by atoms with Crippen molar-refractivity contribution in [1.82, 2.24) is 0 Å². The molecule has 2 atom stereocenters. The molecule has 0 radical (unpaired) electrons. The lowest BCUT2D eigenvalue weighted by Gasteiger charge is -2.16. The smallest absolute Gasteiger partial charge is 0.355 e. The Hall–Kier alpha value is -2.14. The van der Waals surface area contributed by atoms with Crippen LogP contribution < -0.4 is 0 Å². The lowest BCUT2D eigenvalue weighted by atomic mass is 10.1. The third kappa shape index (κ3) is 5.87. The van der Waals surface area contributed by atoms with Crippen LogP contribution >= 0.6 is 11.6 Å². The molecule has 0 amide bonds. The van der Waals surface area contributed by atoms with Crippen LogP contribution in [0.4, 0.5) is 0 Å². The number of carbonyl (C=O) groups excluding carboxylic acids is 3. The van der Waals surface area contributed by atoms with Gasteiger partial charge in [-0.15, -0.1) is 11.6 Å². The van der Waals surface area contributed by atoms with Crippen LogP contribution in [0.1, 0.15) is 37.6 Å². The van der Waals surface area contributed by atoms with Crippen molar-refractivity contribution >= 4 is 29.5 Å². The molecule has 0 aliphatic carbocycles. The fourth-order valence-corrected chi connectivity index (χ4v) is 1.88. The number of rotatable bonds is 7. The van der Waals surface area contributed by atoms with Gasteiger partial charge in [-0.25, -0.2) is 14.4 Å². The molecule has 23 heavy (non-hydrogen) atoms. The van der Waals surface area contributed by atoms with Gasteiger partial charge in [0, 0.05) is 5.57 Å². The lowest BCUT2D eigenvalue weighted by Crippen LogP contribution is -2.32. The predicted octanol–water partition coefficient (Wildman–Crippen LogP) is 3.32. The molecular formula is C17H19ClO5. The number of esters is 3. The Balaban J connectivity index is 2.72. The number of carbonyl (C=O) groups is 3. The summed E-state index contributed by atoms with van der Waals surface area (Å²) in [6, 6.07) is 8.50. The van der Waals surface area contributed by atoms with Crippen molar-refractivity contribution in [3.63, 3.8) is 0 Å². The molecule has 0 heterocycles. The molecule has 0 aliphatic heterocycles. The van der Waals surface area contributed by atoms with E-state index in [2.05, 4.69) is 6.58 Å². The van der Waals surface area contributed by atoms with Crippen molar-refractivity contribution in [2.24, 2.45) is 0 Å². The van der Waals surface area contributed by atoms with E-state index in [1.807, 2.05) is 6.92 Å². The van der Waals surface area contributed by atoms with Crippen LogP contribution in [0.15, 0.2) is 42.5 Å². The number of hydrogen-bond acceptors (Lipinski definition) is 5. The van der Waals surface area contributed by atoms with Crippen molar-refractivity contribution in [1.29, 1.82) is 0 Å². The molecule has 124 valence electrons. The molecule has 0 N–H and O–H groups in total. The molecule has 1 rings (SSSR count). The van der Waals surface area contributed by atoms with Crippen LogP contribution in [-0.2, 0) is 23.9 Å². The SMILES string of the molecule is C=C(C)C(=O)OC(CCC)C(=O)OC(=O)C(Cl)c1ccccc1. The summed E-state index contributed by atoms with van der Waals surface area (Å²) in [6.45, 7) is 6.72. The van der Waals surface area contributed by atoms with Gasteiger partial charge in [-0.3, -0.25) is 0 Å². The van der Waals surface area contributed by atoms with Gasteiger partial charge >= 0.3 is 17.9 Å². The van der Waals surface area contributed by atoms with Crippen molar-refractivity contribution in [2.75, 3.05) is 0 Å². The zero-order valence-electron chi connectivity index (χ0n) is 13.1. The highest BCUT2D eigenvalue weighted by molar-refractivity contribution is 6.30. The summed E-state index contributed by atoms with van der Waals surface area (Å²) in [6.07, 6.45) is -0.350. The Bertz CT molecular complexity index is 582. The van der Waals surface area contributed by atoms with Crippen molar-refractivity contribution in [3.8, 4) is 0 Å². The van der Waals surface area contributed by atoms with E-state index in [4.69, 9.17) is 21.1 Å². The van der Waals surface area contributed by atoms with Crippen LogP contribution in [0, 0.1) is 0 Å². The van der Waals surface area contributed by atoms with E-state index in [9.17, 15) is 14.4 Å². The van der Waals surface area contributed by atoms with Gasteiger partial charge in [-0.1, -0.05) is 50.3 Å². The van der Waals surface area contributed by atoms with E-state index >= 15 is 0 Å². The molecule has 0 aliphatic rings. The molecule has 0 bridgehead atoms. The Morgan fingerprint density at radius 1 is 1.17 bits per heavy atom. The molecule has 6 heteroatoms. The molecule has 0 fully saturated rings. The summed E-state index contributed by atoms with van der Waals surface area (Å²) in [5.74, 6) is -2.55. The largest absolute Gasteiger partial charge is 0.447 e. The summed E-state index contributed by atoms with van der Waals surface area (Å²) in [5, 5.41) is -1.11. The topological polar surface area (TPSA) is 69.7 Å². The first-order valence-corrected chi connectivity index (χ1v) is 7.61. The van der Waals surface area contributed by atoms with E-state index in [-0.39, 0.29) is 12.0 Å². The molecule has 1 aromatic carbocycles. The van der Waals surface area contributed by atoms with Crippen LogP contribution in [0.5, 0.6) is 0 Å². The molecule has 1 aromatic rings. The van der Waals surface area contributed by atoms with E-state index in [0.717, 1.165) is 0 Å². The summed E-state index contributed by atoms with van der Waals surface area (Å²) in [5.41, 5.74) is 0.669. The fourth-order valence-electron chi connectivity index (χ4n) is 1.69. The highest BCUT2D eigenvalue weighted by Crippen LogP contribution is 2.22. The fraction of sp³-hybridized carbons (Fsp3) is 0.353. The Labute approximate surface area is 140 Å². The van der Waals surface area contributed by atoms with Crippen LogP contribution in [-0.4, -0.2) is 24.0 Å². The van der Waals surface area contributed by atoms with Crippen molar-refractivity contribution in [2.45, 2.75) is 38.2 Å². The monoisotopic (exact) mass is 338 g/mol. The van der Waals surface area contributed by atoms with Gasteiger partial charge < -0.3 is 9.47 Å². The molecule has 0 aromatic heterocycles. The number of hydrogen-bond donors (Lipinski definition) is 0. The van der Waals surface area contributed by atoms with Crippen molar-refractivity contribution < 1.29 is 23.9 Å². The third-order valence-electron chi connectivity index (χ3n) is 2.91. The second-order valence-corrected chi connectivity index (χ2v) is 5.41. The minimum atomic E-state index is -1.16. The summed E-state index contributed by atoms with van der Waals surface area (Å²) in [4.78, 5) is 35.5. The number of benzene rings is 1. The quantitative estimate of drug-likeness (QED) is 0.330. The average molecular weight is 339 g/mol. The van der Waals surface area contributed by atoms with E-state index in [1.165, 1.54) is 6.92 Å². The maximum atomic E-state index is 12.0. The third-order valence-corrected chi connectivity index (χ3v) is 3.34. The second kappa shape index (κ2) is 9.10. The predicted molar refractivity (Wildman–Crippen MR) is 85.7 cm³/mol. The zero-order valence-corrected chi connectivity index (χ0v) is 13.8. The van der Waals surface area contributed by atoms with E-state index in [1.54, 1.807) is 30.3 Å². The molecule has 0 saturated carbocycles. The molecule has 0 spiro atoms. The van der Waals surface area contributed by atoms with Gasteiger partial charge in [0.15, 0.2) is 11.5 Å². The molecular weight excluding hydrogens is 320 g/mol. The van der Waals surface area contributed by atoms with Crippen molar-refractivity contribution in [3.05, 3.63) is 48.0 Å². The average Bonchev–Trinajstić information content (AvgIpc) is 2.54. The molecule has 0 saturated heterocycles. The summed E-state index contributed by atoms with van der Waals surface area (Å²) >= 11 is 5.99. The highest BCUT2D eigenvalue weighted by Gasteiger charge is 2.29. The first-order chi connectivity index (χ1) is 10.9. The Morgan fingerprint density at radius 3 is 2.30 bits per heavy atom. The maximum Gasteiger partial charge on any atom is 0.355 e. The molecule has 2 unspecified atom stereocenters. The highest BCUT2D eigenvalue weighted by atomic mass is 35.5. The first-order valence-electron chi connectivity index (χ1n) is 7.17. The van der Waals surface area contributed by atoms with Crippen LogP contribution in [0.25, 0.3) is 0 Å². The number of alkyl halides is 1. The van der Waals surface area contributed by atoms with Crippen LogP contribution in [0.3, 0.4) is 0 Å². The number of ether oxygens (including phenoxy) is 2. The maximum absolute atomic E-state index is 12.0. The number of halogens is 1. The van der Waals surface area contributed by atoms with E-state index < -0.39 is 29.4 Å². The Kier molecular flexibility index (Phi) is 7.48. The van der Waals surface area contributed by atoms with E-state index in [0.29, 0.717) is 12.0 Å². The van der Waals surface area contributed by atoms with Gasteiger partial charge in [-0.2, -0.15) is 0 Å². The second-order valence-electron chi connectivity index (χ2n) is 4.98. The van der Waals surface area contributed by atoms with Gasteiger partial charge in [0.05, 0.1) is 0 Å². The standard InChI is InChI=1S/C17H19ClO5/c1-4-8-13(22-15(19)11(2)3)16(20)23-17(21)14(18)12-9-6-5-7-10-12/h5-7,9-10,13-14H,2,4,8H2,1,3H3. The normalized spacial score (nSPS) is 12.8. The van der Waals surface area contributed by atoms with Gasteiger partial charge in [0.1, 0.15) is 0 Å². The van der Waals surface area contributed by atoms with Gasteiger partial charge in [0.2, 0.25) is 0 Å². The van der Waals surface area contributed by atoms with Crippen LogP contribution in [0.2, 0.25) is 0 Å². The minimum absolute atomic E-state index is 0.157. The molecule has 5 nitrogen and oxygen atoms in total. The lowest BCUT2D eigenvalue weighted by molar-refractivity contribution is -0.173.